The number of aliphatic imine (C=N–C) groups is 1. The van der Waals surface area contributed by atoms with Gasteiger partial charge in [0.15, 0.2) is 6.61 Å². The smallest absolute Gasteiger partial charge is 0.341 e. The minimum absolute atomic E-state index is 0.337. The Hall–Kier alpha value is -2.62. The maximum Gasteiger partial charge on any atom is 0.341 e. The molecule has 0 bridgehead atoms. The Morgan fingerprint density at radius 2 is 1.90 bits per heavy atom. The molecule has 2 aromatic rings. The normalized spacial score (nSPS) is 10.8. The number of aryl methyl sites for hydroxylation is 1. The minimum atomic E-state index is -0.990. The fourth-order valence-electron chi connectivity index (χ4n) is 1.81. The van der Waals surface area contributed by atoms with Crippen LogP contribution in [0.25, 0.3) is 0 Å². The first kappa shape index (κ1) is 14.8. The van der Waals surface area contributed by atoms with E-state index in [1.807, 2.05) is 31.2 Å². The number of carbonyl (C=O) groups is 1. The lowest BCUT2D eigenvalue weighted by atomic mass is 10.1. The van der Waals surface area contributed by atoms with Gasteiger partial charge in [-0.15, -0.1) is 0 Å². The van der Waals surface area contributed by atoms with Gasteiger partial charge in [0.1, 0.15) is 5.75 Å². The van der Waals surface area contributed by atoms with Gasteiger partial charge in [0.2, 0.25) is 0 Å². The molecule has 0 heterocycles. The van der Waals surface area contributed by atoms with Gasteiger partial charge in [-0.1, -0.05) is 12.1 Å². The van der Waals surface area contributed by atoms with Crippen molar-refractivity contribution >= 4 is 17.9 Å². The number of carboxylic acid groups (broad SMARTS) is 1. The predicted molar refractivity (Wildman–Crippen MR) is 82.7 cm³/mol. The monoisotopic (exact) mass is 283 g/mol. The summed E-state index contributed by atoms with van der Waals surface area (Å²) in [5.41, 5.74) is 4.25. The van der Waals surface area contributed by atoms with Crippen LogP contribution in [0, 0.1) is 13.8 Å². The van der Waals surface area contributed by atoms with Gasteiger partial charge in [0, 0.05) is 6.21 Å². The molecule has 0 aliphatic heterocycles. The van der Waals surface area contributed by atoms with Gasteiger partial charge in [-0.05, 0) is 60.9 Å². The Morgan fingerprint density at radius 1 is 1.19 bits per heavy atom. The van der Waals surface area contributed by atoms with E-state index in [-0.39, 0.29) is 6.61 Å². The molecule has 108 valence electrons. The van der Waals surface area contributed by atoms with Crippen LogP contribution in [0.2, 0.25) is 0 Å². The van der Waals surface area contributed by atoms with Crippen molar-refractivity contribution in [2.75, 3.05) is 6.61 Å². The van der Waals surface area contributed by atoms with Gasteiger partial charge < -0.3 is 9.84 Å². The second-order valence-electron chi connectivity index (χ2n) is 4.73. The lowest BCUT2D eigenvalue weighted by Gasteiger charge is -2.04. The van der Waals surface area contributed by atoms with Crippen molar-refractivity contribution in [3.8, 4) is 5.75 Å². The summed E-state index contributed by atoms with van der Waals surface area (Å²) in [5, 5.41) is 8.54. The largest absolute Gasteiger partial charge is 0.482 e. The fourth-order valence-corrected chi connectivity index (χ4v) is 1.81. The average Bonchev–Trinajstić information content (AvgIpc) is 2.48. The summed E-state index contributed by atoms with van der Waals surface area (Å²) >= 11 is 0. The second kappa shape index (κ2) is 6.70. The van der Waals surface area contributed by atoms with Crippen molar-refractivity contribution in [1.82, 2.24) is 0 Å². The average molecular weight is 283 g/mol. The van der Waals surface area contributed by atoms with Crippen molar-refractivity contribution in [3.63, 3.8) is 0 Å². The molecule has 0 aliphatic rings. The molecule has 21 heavy (non-hydrogen) atoms. The molecule has 0 unspecified atom stereocenters. The molecule has 2 rings (SSSR count). The molecule has 4 nitrogen and oxygen atoms in total. The Morgan fingerprint density at radius 3 is 2.57 bits per heavy atom. The molecule has 4 heteroatoms. The maximum atomic E-state index is 10.4. The van der Waals surface area contributed by atoms with Crippen LogP contribution in [-0.4, -0.2) is 23.9 Å². The highest BCUT2D eigenvalue weighted by atomic mass is 16.5. The van der Waals surface area contributed by atoms with Crippen LogP contribution in [0.15, 0.2) is 47.5 Å². The van der Waals surface area contributed by atoms with Crippen LogP contribution in [0.3, 0.4) is 0 Å². The van der Waals surface area contributed by atoms with E-state index in [4.69, 9.17) is 9.84 Å². The number of nitrogens with zero attached hydrogens (tertiary/aromatic N) is 1. The molecule has 0 radical (unpaired) electrons. The molecular formula is C17H17NO3. The summed E-state index contributed by atoms with van der Waals surface area (Å²) in [6.07, 6.45) is 1.78. The van der Waals surface area contributed by atoms with Gasteiger partial charge >= 0.3 is 5.97 Å². The zero-order valence-electron chi connectivity index (χ0n) is 12.0. The Labute approximate surface area is 123 Å². The topological polar surface area (TPSA) is 58.9 Å². The van der Waals surface area contributed by atoms with E-state index in [9.17, 15) is 4.79 Å². The molecule has 1 N–H and O–H groups in total. The number of hydrogen-bond acceptors (Lipinski definition) is 3. The number of carboxylic acids is 1. The Kier molecular flexibility index (Phi) is 4.72. The van der Waals surface area contributed by atoms with E-state index in [2.05, 4.69) is 18.0 Å². The molecule has 0 spiro atoms. The van der Waals surface area contributed by atoms with E-state index in [1.54, 1.807) is 18.3 Å². The van der Waals surface area contributed by atoms with Gasteiger partial charge in [-0.2, -0.15) is 0 Å². The van der Waals surface area contributed by atoms with E-state index in [0.29, 0.717) is 5.75 Å². The molecule has 0 atom stereocenters. The van der Waals surface area contributed by atoms with Crippen LogP contribution in [0.5, 0.6) is 5.75 Å². The molecule has 2 aromatic carbocycles. The number of ether oxygens (including phenoxy) is 1. The molecule has 0 fully saturated rings. The standard InChI is InChI=1S/C17H17NO3/c1-12-4-3-5-16(13(12)2)18-10-14-6-8-15(9-7-14)21-11-17(19)20/h3-10H,11H2,1-2H3,(H,19,20). The third kappa shape index (κ3) is 4.18. The third-order valence-corrected chi connectivity index (χ3v) is 3.17. The first-order valence-electron chi connectivity index (χ1n) is 6.61. The summed E-state index contributed by atoms with van der Waals surface area (Å²) in [6.45, 7) is 3.77. The quantitative estimate of drug-likeness (QED) is 0.854. The lowest BCUT2D eigenvalue weighted by molar-refractivity contribution is -0.139. The van der Waals surface area contributed by atoms with E-state index < -0.39 is 5.97 Å². The van der Waals surface area contributed by atoms with Gasteiger partial charge in [0.25, 0.3) is 0 Å². The zero-order valence-corrected chi connectivity index (χ0v) is 12.0. The van der Waals surface area contributed by atoms with Crippen LogP contribution in [0.1, 0.15) is 16.7 Å². The summed E-state index contributed by atoms with van der Waals surface area (Å²) in [7, 11) is 0. The SMILES string of the molecule is Cc1cccc(N=Cc2ccc(OCC(=O)O)cc2)c1C. The van der Waals surface area contributed by atoms with Crippen LogP contribution >= 0.6 is 0 Å². The summed E-state index contributed by atoms with van der Waals surface area (Å²) in [6, 6.07) is 13.2. The van der Waals surface area contributed by atoms with Crippen LogP contribution < -0.4 is 4.74 Å². The molecule has 0 aromatic heterocycles. The number of aliphatic carboxylic acids is 1. The van der Waals surface area contributed by atoms with E-state index in [0.717, 1.165) is 16.8 Å². The van der Waals surface area contributed by atoms with Crippen LogP contribution in [0.4, 0.5) is 5.69 Å². The molecule has 0 saturated heterocycles. The Bertz CT molecular complexity index is 660. The summed E-state index contributed by atoms with van der Waals surface area (Å²) < 4.78 is 5.08. The highest BCUT2D eigenvalue weighted by molar-refractivity contribution is 5.82. The Balaban J connectivity index is 2.07. The van der Waals surface area contributed by atoms with Gasteiger partial charge in [-0.3, -0.25) is 4.99 Å². The fraction of sp³-hybridized carbons (Fsp3) is 0.176. The third-order valence-electron chi connectivity index (χ3n) is 3.17. The van der Waals surface area contributed by atoms with Crippen molar-refractivity contribution in [3.05, 3.63) is 59.2 Å². The molecule has 0 amide bonds. The zero-order chi connectivity index (χ0) is 15.2. The van der Waals surface area contributed by atoms with Crippen molar-refractivity contribution in [2.24, 2.45) is 4.99 Å². The first-order valence-corrected chi connectivity index (χ1v) is 6.61. The highest BCUT2D eigenvalue weighted by Gasteiger charge is 2.00. The number of rotatable bonds is 5. The predicted octanol–water partition coefficient (Wildman–Crippen LogP) is 3.52. The summed E-state index contributed by atoms with van der Waals surface area (Å²) in [4.78, 5) is 14.9. The van der Waals surface area contributed by atoms with Crippen LogP contribution in [-0.2, 0) is 4.79 Å². The molecule has 0 saturated carbocycles. The molecular weight excluding hydrogens is 266 g/mol. The second-order valence-corrected chi connectivity index (χ2v) is 4.73. The van der Waals surface area contributed by atoms with Crippen molar-refractivity contribution in [1.29, 1.82) is 0 Å². The number of hydrogen-bond donors (Lipinski definition) is 1. The first-order chi connectivity index (χ1) is 10.1. The minimum Gasteiger partial charge on any atom is -0.482 e. The maximum absolute atomic E-state index is 10.4. The summed E-state index contributed by atoms with van der Waals surface area (Å²) in [5.74, 6) is -0.461. The lowest BCUT2D eigenvalue weighted by Crippen LogP contribution is -2.09. The highest BCUT2D eigenvalue weighted by Crippen LogP contribution is 2.21. The van der Waals surface area contributed by atoms with Crippen molar-refractivity contribution < 1.29 is 14.6 Å². The number of benzene rings is 2. The van der Waals surface area contributed by atoms with Gasteiger partial charge in [0.05, 0.1) is 5.69 Å². The van der Waals surface area contributed by atoms with Crippen molar-refractivity contribution in [2.45, 2.75) is 13.8 Å². The van der Waals surface area contributed by atoms with Gasteiger partial charge in [-0.25, -0.2) is 4.79 Å². The van der Waals surface area contributed by atoms with E-state index >= 15 is 0 Å². The molecule has 0 aliphatic carbocycles. The van der Waals surface area contributed by atoms with E-state index in [1.165, 1.54) is 5.56 Å².